The summed E-state index contributed by atoms with van der Waals surface area (Å²) in [5, 5.41) is 8.79. The fraction of sp³-hybridized carbons (Fsp3) is 0.300. The topological polar surface area (TPSA) is 94.0 Å². The lowest BCUT2D eigenvalue weighted by molar-refractivity contribution is -0.138. The van der Waals surface area contributed by atoms with E-state index in [9.17, 15) is 4.79 Å². The summed E-state index contributed by atoms with van der Waals surface area (Å²) in [6, 6.07) is 0.605. The standard InChI is InChI=1S/C10H12N4O2/c1-5-13-7-3-6(8(11)10(15)16)4-12-9(7)14(5)2/h3-4,8H,11H2,1-2H3,(H,15,16). The van der Waals surface area contributed by atoms with Gasteiger partial charge in [0.15, 0.2) is 5.65 Å². The normalized spacial score (nSPS) is 12.9. The molecule has 3 N–H and O–H groups in total. The van der Waals surface area contributed by atoms with Crippen LogP contribution in [0.3, 0.4) is 0 Å². The third-order valence-corrected chi connectivity index (χ3v) is 2.58. The first-order chi connectivity index (χ1) is 7.50. The van der Waals surface area contributed by atoms with E-state index in [-0.39, 0.29) is 0 Å². The molecule has 0 aliphatic carbocycles. The maximum Gasteiger partial charge on any atom is 0.325 e. The van der Waals surface area contributed by atoms with Gasteiger partial charge in [-0.25, -0.2) is 9.97 Å². The molecule has 1 atom stereocenters. The number of carbonyl (C=O) groups is 1. The van der Waals surface area contributed by atoms with Gasteiger partial charge in [-0.05, 0) is 13.0 Å². The summed E-state index contributed by atoms with van der Waals surface area (Å²) in [6.45, 7) is 1.86. The molecule has 0 saturated heterocycles. The van der Waals surface area contributed by atoms with Gasteiger partial charge >= 0.3 is 5.97 Å². The van der Waals surface area contributed by atoms with Crippen LogP contribution >= 0.6 is 0 Å². The van der Waals surface area contributed by atoms with Gasteiger partial charge in [0.05, 0.1) is 0 Å². The van der Waals surface area contributed by atoms with E-state index < -0.39 is 12.0 Å². The molecule has 84 valence electrons. The average Bonchev–Trinajstić information content (AvgIpc) is 2.53. The number of aryl methyl sites for hydroxylation is 2. The number of nitrogens with two attached hydrogens (primary N) is 1. The molecule has 0 aliphatic rings. The minimum Gasteiger partial charge on any atom is -0.480 e. The van der Waals surface area contributed by atoms with E-state index in [1.165, 1.54) is 6.20 Å². The highest BCUT2D eigenvalue weighted by atomic mass is 16.4. The Balaban J connectivity index is 2.56. The molecule has 2 aromatic rings. The van der Waals surface area contributed by atoms with Gasteiger partial charge in [-0.15, -0.1) is 0 Å². The van der Waals surface area contributed by atoms with Gasteiger partial charge in [0, 0.05) is 18.8 Å². The number of carboxylic acids is 1. The molecule has 0 aromatic carbocycles. The average molecular weight is 220 g/mol. The maximum absolute atomic E-state index is 10.7. The fourth-order valence-electron chi connectivity index (χ4n) is 1.52. The van der Waals surface area contributed by atoms with Crippen molar-refractivity contribution in [3.63, 3.8) is 0 Å². The number of fused-ring (bicyclic) bond motifs is 1. The molecule has 16 heavy (non-hydrogen) atoms. The van der Waals surface area contributed by atoms with E-state index in [1.807, 2.05) is 18.5 Å². The summed E-state index contributed by atoms with van der Waals surface area (Å²) >= 11 is 0. The van der Waals surface area contributed by atoms with Gasteiger partial charge in [0.1, 0.15) is 17.4 Å². The highest BCUT2D eigenvalue weighted by Gasteiger charge is 2.16. The molecule has 6 heteroatoms. The third kappa shape index (κ3) is 1.53. The van der Waals surface area contributed by atoms with Crippen LogP contribution in [0.1, 0.15) is 17.4 Å². The first-order valence-electron chi connectivity index (χ1n) is 4.78. The van der Waals surface area contributed by atoms with Gasteiger partial charge in [-0.3, -0.25) is 4.79 Å². The summed E-state index contributed by atoms with van der Waals surface area (Å²) in [5.41, 5.74) is 7.34. The number of carboxylic acid groups (broad SMARTS) is 1. The largest absolute Gasteiger partial charge is 0.480 e. The Morgan fingerprint density at radius 2 is 2.31 bits per heavy atom. The van der Waals surface area contributed by atoms with Crippen molar-refractivity contribution in [2.45, 2.75) is 13.0 Å². The zero-order valence-corrected chi connectivity index (χ0v) is 9.01. The molecule has 0 spiro atoms. The van der Waals surface area contributed by atoms with Gasteiger partial charge in [0.2, 0.25) is 0 Å². The van der Waals surface area contributed by atoms with Crippen molar-refractivity contribution in [3.05, 3.63) is 23.7 Å². The predicted octanol–water partition coefficient (Wildman–Crippen LogP) is 0.361. The Bertz CT molecular complexity index is 561. The Morgan fingerprint density at radius 3 is 2.94 bits per heavy atom. The number of hydrogen-bond acceptors (Lipinski definition) is 4. The zero-order valence-electron chi connectivity index (χ0n) is 9.01. The van der Waals surface area contributed by atoms with Crippen molar-refractivity contribution >= 4 is 17.1 Å². The van der Waals surface area contributed by atoms with Crippen molar-refractivity contribution in [1.29, 1.82) is 0 Å². The van der Waals surface area contributed by atoms with Crippen molar-refractivity contribution in [2.75, 3.05) is 0 Å². The lowest BCUT2D eigenvalue weighted by atomic mass is 10.1. The van der Waals surface area contributed by atoms with E-state index in [1.54, 1.807) is 6.07 Å². The van der Waals surface area contributed by atoms with Crippen LogP contribution in [-0.2, 0) is 11.8 Å². The number of aliphatic carboxylic acids is 1. The van der Waals surface area contributed by atoms with Crippen LogP contribution in [0.4, 0.5) is 0 Å². The van der Waals surface area contributed by atoms with Crippen LogP contribution in [0.15, 0.2) is 12.3 Å². The molecule has 0 saturated carbocycles. The Hall–Kier alpha value is -1.95. The lowest BCUT2D eigenvalue weighted by Gasteiger charge is -2.05. The molecule has 0 amide bonds. The van der Waals surface area contributed by atoms with E-state index in [2.05, 4.69) is 9.97 Å². The SMILES string of the molecule is Cc1nc2cc(C(N)C(=O)O)cnc2n1C. The molecule has 0 fully saturated rings. The summed E-state index contributed by atoms with van der Waals surface area (Å²) in [6.07, 6.45) is 1.47. The van der Waals surface area contributed by atoms with E-state index in [4.69, 9.17) is 10.8 Å². The maximum atomic E-state index is 10.7. The summed E-state index contributed by atoms with van der Waals surface area (Å²) in [4.78, 5) is 19.2. The van der Waals surface area contributed by atoms with Gasteiger partial charge in [-0.1, -0.05) is 0 Å². The first kappa shape index (κ1) is 10.6. The first-order valence-corrected chi connectivity index (χ1v) is 4.78. The van der Waals surface area contributed by atoms with Gasteiger partial charge in [0.25, 0.3) is 0 Å². The molecule has 2 heterocycles. The van der Waals surface area contributed by atoms with Crippen LogP contribution in [0.25, 0.3) is 11.2 Å². The summed E-state index contributed by atoms with van der Waals surface area (Å²) in [7, 11) is 1.86. The van der Waals surface area contributed by atoms with E-state index in [0.717, 1.165) is 11.5 Å². The molecule has 2 rings (SSSR count). The number of nitrogens with zero attached hydrogens (tertiary/aromatic N) is 3. The quantitative estimate of drug-likeness (QED) is 0.762. The second-order valence-electron chi connectivity index (χ2n) is 3.65. The van der Waals surface area contributed by atoms with Crippen LogP contribution in [0.2, 0.25) is 0 Å². The number of hydrogen-bond donors (Lipinski definition) is 2. The molecule has 0 bridgehead atoms. The highest BCUT2D eigenvalue weighted by molar-refractivity contribution is 5.78. The summed E-state index contributed by atoms with van der Waals surface area (Å²) < 4.78 is 1.84. The Morgan fingerprint density at radius 1 is 1.62 bits per heavy atom. The molecule has 6 nitrogen and oxygen atoms in total. The zero-order chi connectivity index (χ0) is 11.9. The fourth-order valence-corrected chi connectivity index (χ4v) is 1.52. The number of rotatable bonds is 2. The van der Waals surface area contributed by atoms with Crippen molar-refractivity contribution < 1.29 is 9.90 Å². The monoisotopic (exact) mass is 220 g/mol. The minimum absolute atomic E-state index is 0.457. The second-order valence-corrected chi connectivity index (χ2v) is 3.65. The number of pyridine rings is 1. The molecule has 1 unspecified atom stereocenters. The Labute approximate surface area is 91.7 Å². The number of aromatic nitrogens is 3. The Kier molecular flexibility index (Phi) is 2.35. The van der Waals surface area contributed by atoms with Gasteiger partial charge < -0.3 is 15.4 Å². The van der Waals surface area contributed by atoms with Crippen molar-refractivity contribution in [1.82, 2.24) is 14.5 Å². The van der Waals surface area contributed by atoms with E-state index in [0.29, 0.717) is 11.1 Å². The van der Waals surface area contributed by atoms with Crippen molar-refractivity contribution in [2.24, 2.45) is 12.8 Å². The molecule has 2 aromatic heterocycles. The molecule has 0 radical (unpaired) electrons. The molecule has 0 aliphatic heterocycles. The predicted molar refractivity (Wildman–Crippen MR) is 57.8 cm³/mol. The van der Waals surface area contributed by atoms with Crippen LogP contribution < -0.4 is 5.73 Å². The lowest BCUT2D eigenvalue weighted by Crippen LogP contribution is -2.20. The van der Waals surface area contributed by atoms with E-state index >= 15 is 0 Å². The minimum atomic E-state index is -1.08. The molecular weight excluding hydrogens is 208 g/mol. The number of imidazole rings is 1. The van der Waals surface area contributed by atoms with Crippen LogP contribution in [0.5, 0.6) is 0 Å². The third-order valence-electron chi connectivity index (χ3n) is 2.58. The van der Waals surface area contributed by atoms with Crippen LogP contribution in [0, 0.1) is 6.92 Å². The molecular formula is C10H12N4O2. The summed E-state index contributed by atoms with van der Waals surface area (Å²) in [5.74, 6) is -0.252. The highest BCUT2D eigenvalue weighted by Crippen LogP contribution is 2.17. The van der Waals surface area contributed by atoms with Gasteiger partial charge in [-0.2, -0.15) is 0 Å². The van der Waals surface area contributed by atoms with Crippen molar-refractivity contribution in [3.8, 4) is 0 Å². The second kappa shape index (κ2) is 3.57. The van der Waals surface area contributed by atoms with Crippen LogP contribution in [-0.4, -0.2) is 25.6 Å². The smallest absolute Gasteiger partial charge is 0.325 e.